The fourth-order valence-corrected chi connectivity index (χ4v) is 4.34. The smallest absolute Gasteiger partial charge is 0.264 e. The second-order valence-electron chi connectivity index (χ2n) is 6.80. The van der Waals surface area contributed by atoms with Crippen molar-refractivity contribution in [3.63, 3.8) is 0 Å². The summed E-state index contributed by atoms with van der Waals surface area (Å²) in [6, 6.07) is 13.6. The monoisotopic (exact) mass is 426 g/mol. The molecule has 0 spiro atoms. The topological polar surface area (TPSA) is 81.9 Å². The predicted octanol–water partition coefficient (Wildman–Crippen LogP) is 3.62. The van der Waals surface area contributed by atoms with E-state index in [-0.39, 0.29) is 5.91 Å². The minimum absolute atomic E-state index is 0.321. The first-order chi connectivity index (χ1) is 14.4. The van der Waals surface area contributed by atoms with E-state index in [4.69, 9.17) is 15.2 Å². The molecular formula is C22H19FN2O4S. The number of primary amides is 1. The summed E-state index contributed by atoms with van der Waals surface area (Å²) < 4.78 is 24.8. The van der Waals surface area contributed by atoms with E-state index in [1.807, 2.05) is 24.3 Å². The number of hydrogen-bond acceptors (Lipinski definition) is 5. The predicted molar refractivity (Wildman–Crippen MR) is 111 cm³/mol. The average molecular weight is 426 g/mol. The van der Waals surface area contributed by atoms with E-state index in [2.05, 4.69) is 0 Å². The Bertz CT molecular complexity index is 1110. The van der Waals surface area contributed by atoms with Gasteiger partial charge in [0.1, 0.15) is 25.1 Å². The third-order valence-electron chi connectivity index (χ3n) is 4.79. The lowest BCUT2D eigenvalue weighted by Crippen LogP contribution is -2.38. The van der Waals surface area contributed by atoms with Gasteiger partial charge < -0.3 is 20.1 Å². The molecule has 6 nitrogen and oxygen atoms in total. The number of likely N-dealkylation sites (N-methyl/N-ethyl adjacent to an activating group) is 1. The molecule has 0 radical (unpaired) electrons. The van der Waals surface area contributed by atoms with Crippen LogP contribution in [0.5, 0.6) is 11.5 Å². The third kappa shape index (κ3) is 3.86. The molecule has 1 atom stereocenters. The number of rotatable bonds is 5. The molecule has 1 unspecified atom stereocenters. The highest BCUT2D eigenvalue weighted by Crippen LogP contribution is 2.37. The molecule has 0 bridgehead atoms. The normalized spacial score (nSPS) is 13.5. The van der Waals surface area contributed by atoms with Gasteiger partial charge in [-0.1, -0.05) is 12.1 Å². The summed E-state index contributed by atoms with van der Waals surface area (Å²) in [5.41, 5.74) is 6.73. The van der Waals surface area contributed by atoms with E-state index in [1.165, 1.54) is 41.5 Å². The van der Waals surface area contributed by atoms with Gasteiger partial charge in [-0.3, -0.25) is 9.59 Å². The lowest BCUT2D eigenvalue weighted by molar-refractivity contribution is -0.122. The molecule has 3 aromatic rings. The summed E-state index contributed by atoms with van der Waals surface area (Å²) in [4.78, 5) is 27.6. The van der Waals surface area contributed by atoms with Crippen molar-refractivity contribution >= 4 is 23.2 Å². The van der Waals surface area contributed by atoms with Crippen LogP contribution in [-0.2, 0) is 4.79 Å². The number of carbonyl (C=O) groups excluding carboxylic acids is 2. The Labute approximate surface area is 176 Å². The molecular weight excluding hydrogens is 407 g/mol. The zero-order valence-corrected chi connectivity index (χ0v) is 16.9. The number of thiophene rings is 1. The molecule has 2 amide bonds. The van der Waals surface area contributed by atoms with Crippen LogP contribution < -0.4 is 15.2 Å². The highest BCUT2D eigenvalue weighted by atomic mass is 32.1. The maximum absolute atomic E-state index is 13.6. The SMILES string of the molecule is CN(C(=O)c1ccc(-c2ccc3c(c2)OCCO3)s1)C(C(N)=O)c1cccc(F)c1. The molecule has 0 saturated heterocycles. The third-order valence-corrected chi connectivity index (χ3v) is 5.91. The summed E-state index contributed by atoms with van der Waals surface area (Å²) in [6.07, 6.45) is 0. The molecule has 8 heteroatoms. The number of ether oxygens (including phenoxy) is 2. The lowest BCUT2D eigenvalue weighted by Gasteiger charge is -2.25. The van der Waals surface area contributed by atoms with Crippen LogP contribution >= 0.6 is 11.3 Å². The molecule has 30 heavy (non-hydrogen) atoms. The fourth-order valence-electron chi connectivity index (χ4n) is 3.35. The fraction of sp³-hybridized carbons (Fsp3) is 0.182. The van der Waals surface area contributed by atoms with Crippen molar-refractivity contribution in [3.05, 3.63) is 70.9 Å². The van der Waals surface area contributed by atoms with Crippen LogP contribution in [0, 0.1) is 5.82 Å². The lowest BCUT2D eigenvalue weighted by atomic mass is 10.0. The van der Waals surface area contributed by atoms with Gasteiger partial charge in [-0.2, -0.15) is 0 Å². The number of hydrogen-bond donors (Lipinski definition) is 1. The number of fused-ring (bicyclic) bond motifs is 1. The van der Waals surface area contributed by atoms with Crippen LogP contribution in [0.2, 0.25) is 0 Å². The van der Waals surface area contributed by atoms with Gasteiger partial charge in [0.05, 0.1) is 4.88 Å². The maximum atomic E-state index is 13.6. The number of halogens is 1. The van der Waals surface area contributed by atoms with Crippen molar-refractivity contribution in [2.24, 2.45) is 5.73 Å². The number of benzene rings is 2. The largest absolute Gasteiger partial charge is 0.486 e. The maximum Gasteiger partial charge on any atom is 0.264 e. The highest BCUT2D eigenvalue weighted by molar-refractivity contribution is 7.17. The van der Waals surface area contributed by atoms with Gasteiger partial charge in [-0.05, 0) is 53.6 Å². The van der Waals surface area contributed by atoms with Crippen LogP contribution in [-0.4, -0.2) is 37.0 Å². The van der Waals surface area contributed by atoms with Crippen LogP contribution in [0.15, 0.2) is 54.6 Å². The number of nitrogens with zero attached hydrogens (tertiary/aromatic N) is 1. The molecule has 2 aromatic carbocycles. The molecule has 4 rings (SSSR count). The van der Waals surface area contributed by atoms with Gasteiger partial charge in [0.25, 0.3) is 5.91 Å². The van der Waals surface area contributed by atoms with Crippen molar-refractivity contribution in [3.8, 4) is 21.9 Å². The molecule has 1 aromatic heterocycles. The molecule has 0 aliphatic carbocycles. The zero-order chi connectivity index (χ0) is 21.3. The van der Waals surface area contributed by atoms with Gasteiger partial charge >= 0.3 is 0 Å². The van der Waals surface area contributed by atoms with E-state index in [0.29, 0.717) is 35.2 Å². The van der Waals surface area contributed by atoms with Gasteiger partial charge in [0, 0.05) is 11.9 Å². The average Bonchev–Trinajstić information content (AvgIpc) is 3.23. The standard InChI is InChI=1S/C22H19FN2O4S/c1-25(20(21(24)26)14-3-2-4-15(23)11-14)22(27)19-8-7-18(30-19)13-5-6-16-17(12-13)29-10-9-28-16/h2-8,11-12,20H,9-10H2,1H3,(H2,24,26). The minimum atomic E-state index is -1.08. The van der Waals surface area contributed by atoms with E-state index in [0.717, 1.165) is 10.4 Å². The Morgan fingerprint density at radius 3 is 2.57 bits per heavy atom. The second-order valence-corrected chi connectivity index (χ2v) is 7.88. The van der Waals surface area contributed by atoms with Crippen LogP contribution in [0.4, 0.5) is 4.39 Å². The van der Waals surface area contributed by atoms with Crippen molar-refractivity contribution in [1.29, 1.82) is 0 Å². The van der Waals surface area contributed by atoms with Gasteiger partial charge in [-0.15, -0.1) is 11.3 Å². The van der Waals surface area contributed by atoms with Crippen LogP contribution in [0.1, 0.15) is 21.3 Å². The zero-order valence-electron chi connectivity index (χ0n) is 16.1. The Balaban J connectivity index is 1.59. The van der Waals surface area contributed by atoms with E-state index >= 15 is 0 Å². The minimum Gasteiger partial charge on any atom is -0.486 e. The Hall–Kier alpha value is -3.39. The Morgan fingerprint density at radius 2 is 1.83 bits per heavy atom. The molecule has 1 aliphatic rings. The number of amides is 2. The molecule has 0 fully saturated rings. The number of nitrogens with two attached hydrogens (primary N) is 1. The van der Waals surface area contributed by atoms with Gasteiger partial charge in [0.15, 0.2) is 11.5 Å². The summed E-state index contributed by atoms with van der Waals surface area (Å²) in [5, 5.41) is 0. The van der Waals surface area contributed by atoms with Crippen molar-refractivity contribution < 1.29 is 23.5 Å². The summed E-state index contributed by atoms with van der Waals surface area (Å²) in [6.45, 7) is 1.01. The van der Waals surface area contributed by atoms with Crippen molar-refractivity contribution in [2.45, 2.75) is 6.04 Å². The molecule has 0 saturated carbocycles. The van der Waals surface area contributed by atoms with Crippen LogP contribution in [0.25, 0.3) is 10.4 Å². The quantitative estimate of drug-likeness (QED) is 0.676. The van der Waals surface area contributed by atoms with Crippen molar-refractivity contribution in [2.75, 3.05) is 20.3 Å². The van der Waals surface area contributed by atoms with Gasteiger partial charge in [-0.25, -0.2) is 4.39 Å². The van der Waals surface area contributed by atoms with Crippen molar-refractivity contribution in [1.82, 2.24) is 4.90 Å². The first-order valence-corrected chi connectivity index (χ1v) is 10.1. The van der Waals surface area contributed by atoms with Crippen LogP contribution in [0.3, 0.4) is 0 Å². The molecule has 1 aliphatic heterocycles. The summed E-state index contributed by atoms with van der Waals surface area (Å²) in [7, 11) is 1.48. The summed E-state index contributed by atoms with van der Waals surface area (Å²) in [5.74, 6) is -0.262. The Kier molecular flexibility index (Phi) is 5.41. The van der Waals surface area contributed by atoms with Gasteiger partial charge in [0.2, 0.25) is 5.91 Å². The Morgan fingerprint density at radius 1 is 1.07 bits per heavy atom. The molecule has 154 valence electrons. The molecule has 2 heterocycles. The summed E-state index contributed by atoms with van der Waals surface area (Å²) >= 11 is 1.29. The van der Waals surface area contributed by atoms with E-state index in [1.54, 1.807) is 12.1 Å². The molecule has 2 N–H and O–H groups in total. The number of carbonyl (C=O) groups is 2. The second kappa shape index (κ2) is 8.16. The first-order valence-electron chi connectivity index (χ1n) is 9.26. The van der Waals surface area contributed by atoms with E-state index < -0.39 is 17.8 Å². The first kappa shape index (κ1) is 19.9. The van der Waals surface area contributed by atoms with E-state index in [9.17, 15) is 14.0 Å². The highest BCUT2D eigenvalue weighted by Gasteiger charge is 2.28.